The van der Waals surface area contributed by atoms with E-state index in [0.717, 1.165) is 25.1 Å². The molecule has 0 bridgehead atoms. The van der Waals surface area contributed by atoms with Crippen LogP contribution in [0.1, 0.15) is 21.7 Å². The fraction of sp³-hybridized carbons (Fsp3) is 0.158. The molecule has 120 valence electrons. The second kappa shape index (κ2) is 6.45. The Kier molecular flexibility index (Phi) is 4.01. The number of aromatic nitrogens is 1. The monoisotopic (exact) mass is 335 g/mol. The third-order valence-corrected chi connectivity index (χ3v) is 5.02. The third kappa shape index (κ3) is 2.90. The second-order valence-corrected chi connectivity index (χ2v) is 6.66. The van der Waals surface area contributed by atoms with Gasteiger partial charge in [0.05, 0.1) is 16.8 Å². The number of aryl methyl sites for hydroxylation is 1. The zero-order valence-electron chi connectivity index (χ0n) is 13.1. The minimum Gasteiger partial charge on any atom is -0.340 e. The summed E-state index contributed by atoms with van der Waals surface area (Å²) in [5.41, 5.74) is 3.68. The molecule has 4 nitrogen and oxygen atoms in total. The van der Waals surface area contributed by atoms with Crippen molar-refractivity contribution in [1.82, 2.24) is 4.98 Å². The number of carbonyl (C=O) groups is 1. The number of benzene rings is 1. The highest BCUT2D eigenvalue weighted by Crippen LogP contribution is 2.33. The molecule has 0 saturated heterocycles. The van der Waals surface area contributed by atoms with Gasteiger partial charge in [-0.05, 0) is 48.1 Å². The van der Waals surface area contributed by atoms with Gasteiger partial charge in [-0.15, -0.1) is 11.3 Å². The summed E-state index contributed by atoms with van der Waals surface area (Å²) in [6.45, 7) is 0.986. The fourth-order valence-electron chi connectivity index (χ4n) is 3.01. The summed E-state index contributed by atoms with van der Waals surface area (Å²) in [6, 6.07) is 16.0. The largest absolute Gasteiger partial charge is 0.340 e. The lowest BCUT2D eigenvalue weighted by atomic mass is 10.0. The number of hydrogen-bond donors (Lipinski definition) is 1. The maximum Gasteiger partial charge on any atom is 0.266 e. The summed E-state index contributed by atoms with van der Waals surface area (Å²) in [5.74, 6) is 0.455. The van der Waals surface area contributed by atoms with Crippen LogP contribution >= 0.6 is 11.3 Å². The van der Waals surface area contributed by atoms with E-state index in [2.05, 4.69) is 39.5 Å². The summed E-state index contributed by atoms with van der Waals surface area (Å²) in [6.07, 6.45) is 4.08. The van der Waals surface area contributed by atoms with Crippen LogP contribution < -0.4 is 10.2 Å². The highest BCUT2D eigenvalue weighted by molar-refractivity contribution is 7.12. The lowest BCUT2D eigenvalue weighted by Gasteiger charge is -2.31. The number of fused-ring (bicyclic) bond motifs is 1. The van der Waals surface area contributed by atoms with Crippen LogP contribution in [0.2, 0.25) is 0 Å². The van der Waals surface area contributed by atoms with E-state index in [0.29, 0.717) is 10.7 Å². The average molecular weight is 335 g/mol. The quantitative estimate of drug-likeness (QED) is 0.767. The van der Waals surface area contributed by atoms with Gasteiger partial charge in [0.2, 0.25) is 0 Å². The van der Waals surface area contributed by atoms with E-state index in [4.69, 9.17) is 0 Å². The van der Waals surface area contributed by atoms with E-state index in [1.54, 1.807) is 6.07 Å². The Hall–Kier alpha value is -2.66. The molecule has 2 aromatic heterocycles. The number of pyridine rings is 1. The van der Waals surface area contributed by atoms with Gasteiger partial charge in [-0.25, -0.2) is 4.98 Å². The molecule has 1 aliphatic heterocycles. The zero-order chi connectivity index (χ0) is 16.4. The van der Waals surface area contributed by atoms with Crippen molar-refractivity contribution < 1.29 is 4.79 Å². The van der Waals surface area contributed by atoms with E-state index in [1.165, 1.54) is 22.6 Å². The number of carbonyl (C=O) groups excluding carboxylic acids is 1. The van der Waals surface area contributed by atoms with Crippen molar-refractivity contribution >= 4 is 34.4 Å². The maximum absolute atomic E-state index is 12.1. The smallest absolute Gasteiger partial charge is 0.266 e. The van der Waals surface area contributed by atoms with Crippen molar-refractivity contribution in [1.29, 1.82) is 0 Å². The molecule has 0 spiro atoms. The van der Waals surface area contributed by atoms with E-state index in [9.17, 15) is 4.79 Å². The zero-order valence-corrected chi connectivity index (χ0v) is 13.9. The van der Waals surface area contributed by atoms with Gasteiger partial charge < -0.3 is 10.2 Å². The molecule has 4 rings (SSSR count). The van der Waals surface area contributed by atoms with Crippen LogP contribution in [0.5, 0.6) is 0 Å². The predicted molar refractivity (Wildman–Crippen MR) is 98.3 cm³/mol. The number of para-hydroxylation sites is 1. The molecule has 1 N–H and O–H groups in total. The van der Waals surface area contributed by atoms with Crippen molar-refractivity contribution in [3.8, 4) is 0 Å². The molecule has 3 aromatic rings. The minimum absolute atomic E-state index is 0.117. The Bertz CT molecular complexity index is 843. The van der Waals surface area contributed by atoms with Crippen LogP contribution in [0.15, 0.2) is 60.1 Å². The minimum atomic E-state index is -0.117. The molecule has 1 aliphatic rings. The van der Waals surface area contributed by atoms with Crippen LogP contribution in [-0.2, 0) is 6.42 Å². The van der Waals surface area contributed by atoms with Crippen LogP contribution in [0.3, 0.4) is 0 Å². The molecule has 3 heterocycles. The summed E-state index contributed by atoms with van der Waals surface area (Å²) in [4.78, 5) is 19.5. The van der Waals surface area contributed by atoms with Gasteiger partial charge in [0.1, 0.15) is 5.82 Å². The van der Waals surface area contributed by atoms with Gasteiger partial charge in [-0.2, -0.15) is 0 Å². The first kappa shape index (κ1) is 14.9. The molecule has 1 amide bonds. The van der Waals surface area contributed by atoms with Crippen molar-refractivity contribution in [3.05, 3.63) is 70.5 Å². The maximum atomic E-state index is 12.1. The number of nitrogens with zero attached hydrogens (tertiary/aromatic N) is 2. The molecule has 0 radical (unpaired) electrons. The van der Waals surface area contributed by atoms with Gasteiger partial charge in [0.15, 0.2) is 0 Å². The molecule has 0 saturated carbocycles. The topological polar surface area (TPSA) is 45.2 Å². The second-order valence-electron chi connectivity index (χ2n) is 5.72. The summed E-state index contributed by atoms with van der Waals surface area (Å²) in [5, 5.41) is 4.72. The molecule has 0 atom stereocenters. The molecular formula is C19H17N3OS. The molecule has 0 unspecified atom stereocenters. The average Bonchev–Trinajstić information content (AvgIpc) is 3.17. The number of amides is 1. The standard InChI is InChI=1S/C19H17N3OS/c23-19(17-8-4-12-24-17)21-18-10-9-15(13-20-18)22-11-3-6-14-5-1-2-7-16(14)22/h1-2,4-5,7-10,12-13H,3,6,11H2,(H,20,21,23). The number of nitrogens with one attached hydrogen (secondary N) is 1. The van der Waals surface area contributed by atoms with Gasteiger partial charge in [0.25, 0.3) is 5.91 Å². The normalized spacial score (nSPS) is 13.4. The molecule has 0 fully saturated rings. The fourth-order valence-corrected chi connectivity index (χ4v) is 3.63. The van der Waals surface area contributed by atoms with Crippen LogP contribution in [0, 0.1) is 0 Å². The molecule has 24 heavy (non-hydrogen) atoms. The van der Waals surface area contributed by atoms with Gasteiger partial charge in [0, 0.05) is 12.2 Å². The van der Waals surface area contributed by atoms with E-state index in [-0.39, 0.29) is 5.91 Å². The highest BCUT2D eigenvalue weighted by atomic mass is 32.1. The van der Waals surface area contributed by atoms with Crippen molar-refractivity contribution in [2.24, 2.45) is 0 Å². The van der Waals surface area contributed by atoms with Crippen molar-refractivity contribution in [3.63, 3.8) is 0 Å². The van der Waals surface area contributed by atoms with Gasteiger partial charge in [-0.3, -0.25) is 4.79 Å². The summed E-state index contributed by atoms with van der Waals surface area (Å²) < 4.78 is 0. The highest BCUT2D eigenvalue weighted by Gasteiger charge is 2.18. The van der Waals surface area contributed by atoms with E-state index in [1.807, 2.05) is 29.8 Å². The Labute approximate surface area is 144 Å². The lowest BCUT2D eigenvalue weighted by Crippen LogP contribution is -2.24. The van der Waals surface area contributed by atoms with Crippen LogP contribution in [0.25, 0.3) is 0 Å². The number of hydrogen-bond acceptors (Lipinski definition) is 4. The predicted octanol–water partition coefficient (Wildman–Crippen LogP) is 4.48. The van der Waals surface area contributed by atoms with Crippen molar-refractivity contribution in [2.75, 3.05) is 16.8 Å². The summed E-state index contributed by atoms with van der Waals surface area (Å²) >= 11 is 1.42. The lowest BCUT2D eigenvalue weighted by molar-refractivity contribution is 0.103. The number of anilines is 3. The third-order valence-electron chi connectivity index (χ3n) is 4.16. The van der Waals surface area contributed by atoms with E-state index >= 15 is 0 Å². The Morgan fingerprint density at radius 2 is 2.04 bits per heavy atom. The first-order chi connectivity index (χ1) is 11.8. The van der Waals surface area contributed by atoms with Crippen LogP contribution in [0.4, 0.5) is 17.2 Å². The Balaban J connectivity index is 1.54. The molecular weight excluding hydrogens is 318 g/mol. The number of thiophene rings is 1. The first-order valence-electron chi connectivity index (χ1n) is 7.97. The van der Waals surface area contributed by atoms with Crippen molar-refractivity contribution in [2.45, 2.75) is 12.8 Å². The molecule has 5 heteroatoms. The Morgan fingerprint density at radius 3 is 2.83 bits per heavy atom. The van der Waals surface area contributed by atoms with Gasteiger partial charge >= 0.3 is 0 Å². The van der Waals surface area contributed by atoms with Crippen LogP contribution in [-0.4, -0.2) is 17.4 Å². The SMILES string of the molecule is O=C(Nc1ccc(N2CCCc3ccccc32)cn1)c1cccs1. The van der Waals surface area contributed by atoms with Gasteiger partial charge in [-0.1, -0.05) is 24.3 Å². The summed E-state index contributed by atoms with van der Waals surface area (Å²) in [7, 11) is 0. The molecule has 1 aromatic carbocycles. The van der Waals surface area contributed by atoms with E-state index < -0.39 is 0 Å². The Morgan fingerprint density at radius 1 is 1.12 bits per heavy atom. The molecule has 0 aliphatic carbocycles. The first-order valence-corrected chi connectivity index (χ1v) is 8.85. The number of rotatable bonds is 3.